The Hall–Kier alpha value is -5.82. The van der Waals surface area contributed by atoms with Crippen molar-refractivity contribution in [1.29, 1.82) is 0 Å². The van der Waals surface area contributed by atoms with E-state index in [2.05, 4.69) is 32.5 Å². The molecule has 182 valence electrons. The third-order valence-corrected chi connectivity index (χ3v) is 5.51. The molecule has 0 aliphatic rings. The van der Waals surface area contributed by atoms with Crippen molar-refractivity contribution in [2.24, 2.45) is 0 Å². The first-order chi connectivity index (χ1) is 18.6. The first-order valence-electron chi connectivity index (χ1n) is 11.4. The van der Waals surface area contributed by atoms with E-state index in [4.69, 9.17) is 9.68 Å². The predicted molar refractivity (Wildman–Crippen MR) is 136 cm³/mol. The summed E-state index contributed by atoms with van der Waals surface area (Å²) in [6.07, 6.45) is 0. The molecule has 38 heavy (non-hydrogen) atoms. The summed E-state index contributed by atoms with van der Waals surface area (Å²) in [7, 11) is 0. The lowest BCUT2D eigenvalue weighted by Gasteiger charge is -2.07. The van der Waals surface area contributed by atoms with Crippen LogP contribution in [-0.4, -0.2) is 42.3 Å². The number of para-hydroxylation sites is 2. The summed E-state index contributed by atoms with van der Waals surface area (Å²) < 4.78 is 0. The lowest BCUT2D eigenvalue weighted by molar-refractivity contribution is 0.0406. The van der Waals surface area contributed by atoms with Gasteiger partial charge in [0.1, 0.15) is 22.1 Å². The molecule has 2 aromatic heterocycles. The number of rotatable bonds is 4. The Morgan fingerprint density at radius 2 is 1.05 bits per heavy atom. The van der Waals surface area contributed by atoms with Crippen LogP contribution in [-0.2, 0) is 0 Å². The fourth-order valence-electron chi connectivity index (χ4n) is 3.69. The number of hydrogen-bond donors (Lipinski definition) is 0. The molecule has 0 unspecified atom stereocenters. The van der Waals surface area contributed by atoms with Gasteiger partial charge in [-0.2, -0.15) is 0 Å². The van der Waals surface area contributed by atoms with Gasteiger partial charge in [-0.3, -0.25) is 0 Å². The van der Waals surface area contributed by atoms with E-state index in [1.807, 2.05) is 30.3 Å². The van der Waals surface area contributed by atoms with Crippen molar-refractivity contribution < 1.29 is 19.3 Å². The van der Waals surface area contributed by atoms with E-state index in [1.54, 1.807) is 48.5 Å². The van der Waals surface area contributed by atoms with Crippen LogP contribution >= 0.6 is 0 Å². The third kappa shape index (κ3) is 4.55. The molecule has 0 bridgehead atoms. The molecular weight excluding hydrogens is 484 g/mol. The maximum atomic E-state index is 13.1. The Morgan fingerprint density at radius 1 is 0.579 bits per heavy atom. The highest BCUT2D eigenvalue weighted by atomic mass is 16.7. The molecule has 0 amide bonds. The van der Waals surface area contributed by atoms with Crippen LogP contribution in [0.5, 0.6) is 0 Å². The highest BCUT2D eigenvalue weighted by Gasteiger charge is 2.19. The number of fused-ring (bicyclic) bond motifs is 2. The van der Waals surface area contributed by atoms with E-state index in [0.29, 0.717) is 27.6 Å². The van der Waals surface area contributed by atoms with Crippen LogP contribution in [0.1, 0.15) is 31.8 Å². The molecule has 6 rings (SSSR count). The number of hydrogen-bond acceptors (Lipinski definition) is 8. The molecule has 10 heteroatoms. The molecule has 4 aromatic carbocycles. The molecule has 0 saturated carbocycles. The Morgan fingerprint density at radius 3 is 1.61 bits per heavy atom. The third-order valence-electron chi connectivity index (χ3n) is 5.51. The first-order valence-corrected chi connectivity index (χ1v) is 11.4. The topological polar surface area (TPSA) is 114 Å². The minimum atomic E-state index is -0.760. The maximum absolute atomic E-state index is 13.1. The molecule has 0 saturated heterocycles. The number of aromatic nitrogens is 6. The SMILES string of the molecule is O=C(On1nnc2ccccc21)c1cc(C#Cc2ccccc2)cc(C(=O)On2nnc3ccccc32)c1. The van der Waals surface area contributed by atoms with Crippen LogP contribution in [0.2, 0.25) is 0 Å². The van der Waals surface area contributed by atoms with Gasteiger partial charge in [0, 0.05) is 11.1 Å². The van der Waals surface area contributed by atoms with Gasteiger partial charge >= 0.3 is 11.9 Å². The summed E-state index contributed by atoms with van der Waals surface area (Å²) >= 11 is 0. The second-order valence-corrected chi connectivity index (χ2v) is 8.07. The molecule has 6 aromatic rings. The fourth-order valence-corrected chi connectivity index (χ4v) is 3.69. The molecule has 0 aliphatic heterocycles. The molecule has 0 aliphatic carbocycles. The molecule has 0 spiro atoms. The van der Waals surface area contributed by atoms with Gasteiger partial charge in [0.15, 0.2) is 0 Å². The van der Waals surface area contributed by atoms with Crippen molar-refractivity contribution in [2.75, 3.05) is 0 Å². The standard InChI is InChI=1S/C28H16N6O4/c35-27(37-33-25-12-6-4-10-23(25)29-31-33)21-16-20(15-14-19-8-2-1-3-9-19)17-22(18-21)28(36)38-34-26-13-7-5-11-24(26)30-32-34/h1-13,16-18H. The van der Waals surface area contributed by atoms with Crippen LogP contribution in [0.4, 0.5) is 0 Å². The quantitative estimate of drug-likeness (QED) is 0.268. The van der Waals surface area contributed by atoms with Crippen LogP contribution < -0.4 is 9.68 Å². The number of carbonyl (C=O) groups is 2. The highest BCUT2D eigenvalue weighted by Crippen LogP contribution is 2.15. The largest absolute Gasteiger partial charge is 0.365 e. The summed E-state index contributed by atoms with van der Waals surface area (Å²) in [5, 5.41) is 15.7. The van der Waals surface area contributed by atoms with Crippen LogP contribution in [0, 0.1) is 11.8 Å². The summed E-state index contributed by atoms with van der Waals surface area (Å²) in [5.41, 5.74) is 3.46. The Bertz CT molecular complexity index is 1780. The first kappa shape index (κ1) is 22.6. The highest BCUT2D eigenvalue weighted by molar-refractivity contribution is 5.96. The molecular formula is C28H16N6O4. The average molecular weight is 500 g/mol. The second-order valence-electron chi connectivity index (χ2n) is 8.07. The summed E-state index contributed by atoms with van der Waals surface area (Å²) in [5.74, 6) is 4.50. The average Bonchev–Trinajstić information content (AvgIpc) is 3.56. The van der Waals surface area contributed by atoms with Crippen LogP contribution in [0.25, 0.3) is 22.1 Å². The van der Waals surface area contributed by atoms with Gasteiger partial charge in [0.25, 0.3) is 0 Å². The summed E-state index contributed by atoms with van der Waals surface area (Å²) in [6, 6.07) is 27.8. The lowest BCUT2D eigenvalue weighted by Crippen LogP contribution is -2.23. The van der Waals surface area contributed by atoms with Gasteiger partial charge in [-0.05, 0) is 65.0 Å². The van der Waals surface area contributed by atoms with E-state index >= 15 is 0 Å². The summed E-state index contributed by atoms with van der Waals surface area (Å²) in [4.78, 5) is 39.2. The van der Waals surface area contributed by atoms with Crippen molar-refractivity contribution in [1.82, 2.24) is 30.3 Å². The minimum absolute atomic E-state index is 0.0693. The number of benzene rings is 4. The normalized spacial score (nSPS) is 10.6. The minimum Gasteiger partial charge on any atom is -0.312 e. The molecule has 2 heterocycles. The van der Waals surface area contributed by atoms with E-state index in [0.717, 1.165) is 15.3 Å². The van der Waals surface area contributed by atoms with Crippen molar-refractivity contribution in [2.45, 2.75) is 0 Å². The smallest absolute Gasteiger partial charge is 0.312 e. The van der Waals surface area contributed by atoms with Gasteiger partial charge in [-0.1, -0.05) is 64.0 Å². The van der Waals surface area contributed by atoms with Crippen molar-refractivity contribution in [3.8, 4) is 11.8 Å². The van der Waals surface area contributed by atoms with E-state index in [9.17, 15) is 9.59 Å². The van der Waals surface area contributed by atoms with Crippen LogP contribution in [0.3, 0.4) is 0 Å². The molecule has 0 fully saturated rings. The second kappa shape index (κ2) is 9.67. The van der Waals surface area contributed by atoms with Crippen molar-refractivity contribution in [3.05, 3.63) is 119 Å². The van der Waals surface area contributed by atoms with E-state index in [1.165, 1.54) is 18.2 Å². The zero-order valence-corrected chi connectivity index (χ0v) is 19.6. The molecule has 0 atom stereocenters. The van der Waals surface area contributed by atoms with Crippen molar-refractivity contribution >= 4 is 34.0 Å². The Kier molecular flexibility index (Phi) is 5.76. The van der Waals surface area contributed by atoms with Gasteiger partial charge in [-0.25, -0.2) is 9.59 Å². The number of nitrogens with zero attached hydrogens (tertiary/aromatic N) is 6. The van der Waals surface area contributed by atoms with Gasteiger partial charge in [0.2, 0.25) is 0 Å². The van der Waals surface area contributed by atoms with Gasteiger partial charge < -0.3 is 9.68 Å². The predicted octanol–water partition coefficient (Wildman–Crippen LogP) is 3.11. The molecule has 0 radical (unpaired) electrons. The van der Waals surface area contributed by atoms with E-state index < -0.39 is 11.9 Å². The maximum Gasteiger partial charge on any atom is 0.365 e. The monoisotopic (exact) mass is 500 g/mol. The number of carbonyl (C=O) groups excluding carboxylic acids is 2. The summed E-state index contributed by atoms with van der Waals surface area (Å²) in [6.45, 7) is 0. The lowest BCUT2D eigenvalue weighted by atomic mass is 10.1. The van der Waals surface area contributed by atoms with Crippen molar-refractivity contribution in [3.63, 3.8) is 0 Å². The molecule has 0 N–H and O–H groups in total. The zero-order valence-electron chi connectivity index (χ0n) is 19.6. The Labute approximate surface area is 214 Å². The van der Waals surface area contributed by atoms with E-state index in [-0.39, 0.29) is 11.1 Å². The van der Waals surface area contributed by atoms with Crippen LogP contribution in [0.15, 0.2) is 97.1 Å². The zero-order chi connectivity index (χ0) is 25.9. The fraction of sp³-hybridized carbons (Fsp3) is 0. The Balaban J connectivity index is 1.35. The van der Waals surface area contributed by atoms with Gasteiger partial charge in [-0.15, -0.1) is 10.2 Å². The molecule has 10 nitrogen and oxygen atoms in total. The van der Waals surface area contributed by atoms with Gasteiger partial charge in [0.05, 0.1) is 11.1 Å².